The number of nitrogens with one attached hydrogen (secondary N) is 1. The first-order valence-electron chi connectivity index (χ1n) is 6.54. The summed E-state index contributed by atoms with van der Waals surface area (Å²) in [6.45, 7) is 4.92. The van der Waals surface area contributed by atoms with Crippen molar-refractivity contribution in [2.75, 3.05) is 11.9 Å². The standard InChI is InChI=1S/C15H15ClN2O3S/c1-8-6-11(4-5-12(8)16)21-7-13(20)18-15-17-9(2)14(22-15)10(3)19/h4-6H,7H2,1-3H3,(H,17,18,20). The fourth-order valence-electron chi connectivity index (χ4n) is 1.79. The van der Waals surface area contributed by atoms with Gasteiger partial charge in [-0.2, -0.15) is 0 Å². The number of aromatic nitrogens is 1. The normalized spacial score (nSPS) is 10.4. The Balaban J connectivity index is 1.94. The van der Waals surface area contributed by atoms with Crippen molar-refractivity contribution in [1.82, 2.24) is 4.98 Å². The van der Waals surface area contributed by atoms with Crippen molar-refractivity contribution in [1.29, 1.82) is 0 Å². The van der Waals surface area contributed by atoms with Crippen LogP contribution in [0.5, 0.6) is 5.75 Å². The minimum Gasteiger partial charge on any atom is -0.484 e. The number of carbonyl (C=O) groups excluding carboxylic acids is 2. The molecule has 0 aliphatic carbocycles. The number of benzene rings is 1. The number of carbonyl (C=O) groups is 2. The number of anilines is 1. The molecule has 0 aliphatic heterocycles. The second-order valence-electron chi connectivity index (χ2n) is 4.74. The SMILES string of the molecule is CC(=O)c1sc(NC(=O)COc2ccc(Cl)c(C)c2)nc1C. The van der Waals surface area contributed by atoms with E-state index in [1.165, 1.54) is 6.92 Å². The van der Waals surface area contributed by atoms with Crippen LogP contribution in [-0.2, 0) is 4.79 Å². The van der Waals surface area contributed by atoms with Crippen molar-refractivity contribution >= 4 is 39.8 Å². The van der Waals surface area contributed by atoms with Gasteiger partial charge in [0.15, 0.2) is 17.5 Å². The summed E-state index contributed by atoms with van der Waals surface area (Å²) in [5, 5.41) is 3.66. The van der Waals surface area contributed by atoms with Gasteiger partial charge in [0.1, 0.15) is 5.75 Å². The molecule has 0 saturated heterocycles. The van der Waals surface area contributed by atoms with E-state index in [-0.39, 0.29) is 18.3 Å². The summed E-state index contributed by atoms with van der Waals surface area (Å²) in [5.74, 6) is 0.164. The molecule has 0 bridgehead atoms. The highest BCUT2D eigenvalue weighted by atomic mass is 35.5. The second kappa shape index (κ2) is 6.89. The van der Waals surface area contributed by atoms with E-state index in [0.29, 0.717) is 26.5 Å². The van der Waals surface area contributed by atoms with Crippen molar-refractivity contribution in [3.63, 3.8) is 0 Å². The summed E-state index contributed by atoms with van der Waals surface area (Å²) >= 11 is 7.08. The zero-order valence-electron chi connectivity index (χ0n) is 12.4. The Labute approximate surface area is 137 Å². The minimum absolute atomic E-state index is 0.0663. The maximum Gasteiger partial charge on any atom is 0.264 e. The Bertz CT molecular complexity index is 728. The molecular formula is C15H15ClN2O3S. The van der Waals surface area contributed by atoms with Crippen LogP contribution in [0.25, 0.3) is 0 Å². The summed E-state index contributed by atoms with van der Waals surface area (Å²) in [6, 6.07) is 5.18. The van der Waals surface area contributed by atoms with Gasteiger partial charge >= 0.3 is 0 Å². The van der Waals surface area contributed by atoms with Crippen LogP contribution in [0.1, 0.15) is 27.9 Å². The topological polar surface area (TPSA) is 68.3 Å². The number of aryl methyl sites for hydroxylation is 2. The van der Waals surface area contributed by atoms with Crippen molar-refractivity contribution in [3.8, 4) is 5.75 Å². The molecule has 22 heavy (non-hydrogen) atoms. The number of Topliss-reactive ketones (excluding diaryl/α,β-unsaturated/α-hetero) is 1. The van der Waals surface area contributed by atoms with Gasteiger partial charge in [0.25, 0.3) is 5.91 Å². The van der Waals surface area contributed by atoms with Gasteiger partial charge in [-0.3, -0.25) is 14.9 Å². The van der Waals surface area contributed by atoms with E-state index in [0.717, 1.165) is 16.9 Å². The molecule has 7 heteroatoms. The molecule has 5 nitrogen and oxygen atoms in total. The van der Waals surface area contributed by atoms with Crippen LogP contribution < -0.4 is 10.1 Å². The first-order chi connectivity index (χ1) is 10.4. The number of hydrogen-bond acceptors (Lipinski definition) is 5. The lowest BCUT2D eigenvalue weighted by Gasteiger charge is -2.07. The molecule has 1 aromatic carbocycles. The highest BCUT2D eigenvalue weighted by molar-refractivity contribution is 7.17. The summed E-state index contributed by atoms with van der Waals surface area (Å²) < 4.78 is 5.40. The van der Waals surface area contributed by atoms with Gasteiger partial charge in [-0.25, -0.2) is 4.98 Å². The van der Waals surface area contributed by atoms with E-state index in [1.807, 2.05) is 6.92 Å². The summed E-state index contributed by atoms with van der Waals surface area (Å²) in [7, 11) is 0. The quantitative estimate of drug-likeness (QED) is 0.845. The molecule has 0 atom stereocenters. The van der Waals surface area contributed by atoms with Gasteiger partial charge in [0.2, 0.25) is 0 Å². The van der Waals surface area contributed by atoms with E-state index < -0.39 is 0 Å². The third-order valence-electron chi connectivity index (χ3n) is 2.86. The summed E-state index contributed by atoms with van der Waals surface area (Å²) in [5.41, 5.74) is 1.49. The van der Waals surface area contributed by atoms with Crippen molar-refractivity contribution in [2.45, 2.75) is 20.8 Å². The highest BCUT2D eigenvalue weighted by Gasteiger charge is 2.13. The molecule has 1 aromatic heterocycles. The van der Waals surface area contributed by atoms with Crippen LogP contribution in [0, 0.1) is 13.8 Å². The van der Waals surface area contributed by atoms with Crippen LogP contribution in [0.2, 0.25) is 5.02 Å². The molecule has 0 radical (unpaired) electrons. The smallest absolute Gasteiger partial charge is 0.264 e. The van der Waals surface area contributed by atoms with Gasteiger partial charge in [-0.15, -0.1) is 0 Å². The lowest BCUT2D eigenvalue weighted by molar-refractivity contribution is -0.118. The molecule has 2 rings (SSSR count). The number of ketones is 1. The van der Waals surface area contributed by atoms with Gasteiger partial charge in [0.05, 0.1) is 10.6 Å². The number of thiazole rings is 1. The fraction of sp³-hybridized carbons (Fsp3) is 0.267. The molecule has 2 aromatic rings. The summed E-state index contributed by atoms with van der Waals surface area (Å²) in [4.78, 5) is 27.9. The average Bonchev–Trinajstić information content (AvgIpc) is 2.81. The first kappa shape index (κ1) is 16.5. The molecule has 0 fully saturated rings. The van der Waals surface area contributed by atoms with E-state index >= 15 is 0 Å². The van der Waals surface area contributed by atoms with Gasteiger partial charge < -0.3 is 4.74 Å². The van der Waals surface area contributed by atoms with Crippen LogP contribution in [0.15, 0.2) is 18.2 Å². The Morgan fingerprint density at radius 2 is 2.09 bits per heavy atom. The van der Waals surface area contributed by atoms with Gasteiger partial charge in [0, 0.05) is 11.9 Å². The third kappa shape index (κ3) is 4.05. The highest BCUT2D eigenvalue weighted by Crippen LogP contribution is 2.23. The largest absolute Gasteiger partial charge is 0.484 e. The molecule has 1 N–H and O–H groups in total. The maximum absolute atomic E-state index is 11.8. The van der Waals surface area contributed by atoms with Crippen molar-refractivity contribution < 1.29 is 14.3 Å². The summed E-state index contributed by atoms with van der Waals surface area (Å²) in [6.07, 6.45) is 0. The molecule has 0 aliphatic rings. The van der Waals surface area contributed by atoms with Crippen LogP contribution >= 0.6 is 22.9 Å². The maximum atomic E-state index is 11.8. The predicted octanol–water partition coefficient (Wildman–Crippen LogP) is 3.63. The van der Waals surface area contributed by atoms with E-state index in [9.17, 15) is 9.59 Å². The first-order valence-corrected chi connectivity index (χ1v) is 7.73. The van der Waals surface area contributed by atoms with Crippen LogP contribution in [0.4, 0.5) is 5.13 Å². The van der Waals surface area contributed by atoms with E-state index in [1.54, 1.807) is 25.1 Å². The van der Waals surface area contributed by atoms with E-state index in [2.05, 4.69) is 10.3 Å². The minimum atomic E-state index is -0.337. The number of ether oxygens (including phenoxy) is 1. The number of nitrogens with zero attached hydrogens (tertiary/aromatic N) is 1. The van der Waals surface area contributed by atoms with Gasteiger partial charge in [-0.1, -0.05) is 22.9 Å². The Morgan fingerprint density at radius 3 is 2.68 bits per heavy atom. The second-order valence-corrected chi connectivity index (χ2v) is 6.14. The third-order valence-corrected chi connectivity index (χ3v) is 4.46. The average molecular weight is 339 g/mol. The molecule has 1 heterocycles. The molecular weight excluding hydrogens is 324 g/mol. The molecule has 0 spiro atoms. The Morgan fingerprint density at radius 1 is 1.36 bits per heavy atom. The number of rotatable bonds is 5. The zero-order valence-corrected chi connectivity index (χ0v) is 14.0. The molecule has 116 valence electrons. The zero-order chi connectivity index (χ0) is 16.3. The monoisotopic (exact) mass is 338 g/mol. The van der Waals surface area contributed by atoms with Crippen molar-refractivity contribution in [2.24, 2.45) is 0 Å². The molecule has 0 unspecified atom stereocenters. The molecule has 0 saturated carbocycles. The lowest BCUT2D eigenvalue weighted by Crippen LogP contribution is -2.20. The van der Waals surface area contributed by atoms with Crippen molar-refractivity contribution in [3.05, 3.63) is 39.4 Å². The number of amides is 1. The molecule has 1 amide bonds. The van der Waals surface area contributed by atoms with Crippen LogP contribution in [0.3, 0.4) is 0 Å². The number of hydrogen-bond donors (Lipinski definition) is 1. The predicted molar refractivity (Wildman–Crippen MR) is 87.2 cm³/mol. The van der Waals surface area contributed by atoms with Crippen LogP contribution in [-0.4, -0.2) is 23.3 Å². The van der Waals surface area contributed by atoms with Gasteiger partial charge in [-0.05, 0) is 37.6 Å². The fourth-order valence-corrected chi connectivity index (χ4v) is 2.78. The lowest BCUT2D eigenvalue weighted by atomic mass is 10.2. The number of halogens is 1. The van der Waals surface area contributed by atoms with E-state index in [4.69, 9.17) is 16.3 Å². The Hall–Kier alpha value is -1.92. The Kier molecular flexibility index (Phi) is 5.15.